The molecule has 3 N–H and O–H groups in total. The highest BCUT2D eigenvalue weighted by Crippen LogP contribution is 2.22. The third-order valence-corrected chi connectivity index (χ3v) is 5.70. The first-order valence-corrected chi connectivity index (χ1v) is 11.2. The molecule has 2 saturated heterocycles. The van der Waals surface area contributed by atoms with Gasteiger partial charge in [-0.1, -0.05) is 6.07 Å². The number of hydrogen-bond donors (Lipinski definition) is 3. The monoisotopic (exact) mass is 434 g/mol. The molecule has 0 unspecified atom stereocenters. The quantitative estimate of drug-likeness (QED) is 0.440. The first kappa shape index (κ1) is 23.6. The minimum Gasteiger partial charge on any atom is -0.394 e. The molecule has 0 bridgehead atoms. The summed E-state index contributed by atoms with van der Waals surface area (Å²) in [5.41, 5.74) is 0.695. The molecule has 0 saturated carbocycles. The van der Waals surface area contributed by atoms with E-state index in [0.29, 0.717) is 25.1 Å². The van der Waals surface area contributed by atoms with Crippen LogP contribution in [-0.2, 0) is 25.5 Å². The summed E-state index contributed by atoms with van der Waals surface area (Å²) in [5, 5.41) is 15.6. The molecule has 31 heavy (non-hydrogen) atoms. The first-order chi connectivity index (χ1) is 15.1. The van der Waals surface area contributed by atoms with Gasteiger partial charge in [-0.15, -0.1) is 0 Å². The number of nitrogens with zero attached hydrogens (tertiary/aromatic N) is 2. The van der Waals surface area contributed by atoms with Crippen molar-refractivity contribution in [2.24, 2.45) is 0 Å². The van der Waals surface area contributed by atoms with E-state index in [9.17, 15) is 14.7 Å². The van der Waals surface area contributed by atoms with Crippen LogP contribution in [0.15, 0.2) is 24.4 Å². The van der Waals surface area contributed by atoms with Crippen LogP contribution in [0, 0.1) is 0 Å². The summed E-state index contributed by atoms with van der Waals surface area (Å²) in [5.74, 6) is -0.191. The number of nitrogens with one attached hydrogen (secondary N) is 2. The van der Waals surface area contributed by atoms with Gasteiger partial charge in [0.15, 0.2) is 0 Å². The molecule has 3 rings (SSSR count). The van der Waals surface area contributed by atoms with Crippen molar-refractivity contribution in [3.63, 3.8) is 0 Å². The topological polar surface area (TPSA) is 113 Å². The average molecular weight is 435 g/mol. The third-order valence-electron chi connectivity index (χ3n) is 5.70. The number of rotatable bonds is 10. The van der Waals surface area contributed by atoms with Gasteiger partial charge in [0.2, 0.25) is 11.8 Å². The number of morpholine rings is 1. The molecule has 1 aromatic heterocycles. The van der Waals surface area contributed by atoms with E-state index >= 15 is 0 Å². The Hall–Kier alpha value is -2.07. The Kier molecular flexibility index (Phi) is 9.67. The summed E-state index contributed by atoms with van der Waals surface area (Å²) in [6.45, 7) is 4.85. The number of pyridine rings is 1. The van der Waals surface area contributed by atoms with E-state index in [4.69, 9.17) is 9.47 Å². The number of ether oxygens (including phenoxy) is 2. The highest BCUT2D eigenvalue weighted by molar-refractivity contribution is 5.78. The number of carbonyl (C=O) groups is 2. The summed E-state index contributed by atoms with van der Waals surface area (Å²) in [6.07, 6.45) is 3.57. The predicted octanol–water partition coefficient (Wildman–Crippen LogP) is -0.123. The van der Waals surface area contributed by atoms with Gasteiger partial charge in [0.25, 0.3) is 0 Å². The third kappa shape index (κ3) is 8.17. The Morgan fingerprint density at radius 2 is 2.03 bits per heavy atom. The van der Waals surface area contributed by atoms with Crippen LogP contribution in [0.25, 0.3) is 0 Å². The molecule has 3 heterocycles. The van der Waals surface area contributed by atoms with Crippen LogP contribution in [0.1, 0.15) is 31.4 Å². The number of aromatic nitrogens is 1. The average Bonchev–Trinajstić information content (AvgIpc) is 2.79. The van der Waals surface area contributed by atoms with E-state index < -0.39 is 6.10 Å². The van der Waals surface area contributed by atoms with Crippen molar-refractivity contribution in [1.82, 2.24) is 20.5 Å². The zero-order valence-corrected chi connectivity index (χ0v) is 18.0. The van der Waals surface area contributed by atoms with Gasteiger partial charge in [-0.05, 0) is 37.9 Å². The lowest BCUT2D eigenvalue weighted by molar-refractivity contribution is -0.135. The SMILES string of the molecule is O=C(C[C@H]1CC[C@H](NC(=O)Cc2ccccn2)[C@@H](CO)O1)NCCCN1CCOCC1. The van der Waals surface area contributed by atoms with Gasteiger partial charge in [-0.25, -0.2) is 0 Å². The smallest absolute Gasteiger partial charge is 0.226 e. The van der Waals surface area contributed by atoms with Gasteiger partial charge >= 0.3 is 0 Å². The number of aliphatic hydroxyl groups excluding tert-OH is 1. The highest BCUT2D eigenvalue weighted by Gasteiger charge is 2.32. The molecular weight excluding hydrogens is 400 g/mol. The maximum atomic E-state index is 12.3. The molecule has 1 aromatic rings. The molecule has 172 valence electrons. The second-order valence-electron chi connectivity index (χ2n) is 8.09. The van der Waals surface area contributed by atoms with Crippen molar-refractivity contribution in [2.75, 3.05) is 46.0 Å². The van der Waals surface area contributed by atoms with E-state index in [1.165, 1.54) is 0 Å². The van der Waals surface area contributed by atoms with E-state index in [1.54, 1.807) is 18.3 Å². The number of hydrogen-bond acceptors (Lipinski definition) is 7. The summed E-state index contributed by atoms with van der Waals surface area (Å²) in [6, 6.07) is 5.18. The van der Waals surface area contributed by atoms with E-state index in [0.717, 1.165) is 39.3 Å². The Bertz CT molecular complexity index is 684. The van der Waals surface area contributed by atoms with Gasteiger partial charge in [-0.2, -0.15) is 0 Å². The lowest BCUT2D eigenvalue weighted by Gasteiger charge is -2.36. The molecular formula is C22H34N4O5. The van der Waals surface area contributed by atoms with Gasteiger partial charge in [0, 0.05) is 31.5 Å². The molecule has 2 amide bonds. The zero-order chi connectivity index (χ0) is 21.9. The lowest BCUT2D eigenvalue weighted by Crippen LogP contribution is -2.51. The Labute approximate surface area is 183 Å². The van der Waals surface area contributed by atoms with E-state index in [1.807, 2.05) is 6.07 Å². The molecule has 0 radical (unpaired) electrons. The van der Waals surface area contributed by atoms with Crippen molar-refractivity contribution in [3.8, 4) is 0 Å². The molecule has 2 aliphatic rings. The van der Waals surface area contributed by atoms with Crippen molar-refractivity contribution in [2.45, 2.75) is 50.4 Å². The minimum atomic E-state index is -0.513. The number of aliphatic hydroxyl groups is 1. The molecule has 3 atom stereocenters. The highest BCUT2D eigenvalue weighted by atomic mass is 16.5. The van der Waals surface area contributed by atoms with Crippen molar-refractivity contribution < 1.29 is 24.2 Å². The largest absolute Gasteiger partial charge is 0.394 e. The van der Waals surface area contributed by atoms with Crippen LogP contribution < -0.4 is 10.6 Å². The van der Waals surface area contributed by atoms with Crippen LogP contribution in [0.4, 0.5) is 0 Å². The molecule has 0 spiro atoms. The maximum Gasteiger partial charge on any atom is 0.226 e. The van der Waals surface area contributed by atoms with Gasteiger partial charge < -0.3 is 25.2 Å². The second kappa shape index (κ2) is 12.7. The molecule has 2 aliphatic heterocycles. The number of amides is 2. The summed E-state index contributed by atoms with van der Waals surface area (Å²) in [7, 11) is 0. The van der Waals surface area contributed by atoms with Gasteiger partial charge in [-0.3, -0.25) is 19.5 Å². The van der Waals surface area contributed by atoms with Crippen molar-refractivity contribution in [3.05, 3.63) is 30.1 Å². The molecule has 0 aliphatic carbocycles. The summed E-state index contributed by atoms with van der Waals surface area (Å²) in [4.78, 5) is 31.1. The van der Waals surface area contributed by atoms with Crippen LogP contribution in [0.3, 0.4) is 0 Å². The Balaban J connectivity index is 1.33. The van der Waals surface area contributed by atoms with Crippen molar-refractivity contribution >= 4 is 11.8 Å². The Morgan fingerprint density at radius 1 is 1.19 bits per heavy atom. The Morgan fingerprint density at radius 3 is 2.77 bits per heavy atom. The zero-order valence-electron chi connectivity index (χ0n) is 18.0. The second-order valence-corrected chi connectivity index (χ2v) is 8.09. The van der Waals surface area contributed by atoms with Crippen molar-refractivity contribution in [1.29, 1.82) is 0 Å². The maximum absolute atomic E-state index is 12.3. The predicted molar refractivity (Wildman–Crippen MR) is 114 cm³/mol. The normalized spacial score (nSPS) is 24.5. The van der Waals surface area contributed by atoms with E-state index in [2.05, 4.69) is 20.5 Å². The van der Waals surface area contributed by atoms with Crippen LogP contribution in [0.5, 0.6) is 0 Å². The molecule has 9 nitrogen and oxygen atoms in total. The molecule has 9 heteroatoms. The standard InChI is InChI=1S/C22H34N4O5/c27-16-20-19(25-22(29)14-17-4-1-2-7-23-17)6-5-18(31-20)15-21(28)24-8-3-9-26-10-12-30-13-11-26/h1-2,4,7,18-20,27H,3,5-6,8-16H2,(H,24,28)(H,25,29)/t18-,19+,20-/m1/s1. The van der Waals surface area contributed by atoms with Crippen LogP contribution in [0.2, 0.25) is 0 Å². The fourth-order valence-electron chi connectivity index (χ4n) is 4.01. The first-order valence-electron chi connectivity index (χ1n) is 11.2. The van der Waals surface area contributed by atoms with Gasteiger partial charge in [0.05, 0.1) is 44.8 Å². The fraction of sp³-hybridized carbons (Fsp3) is 0.682. The van der Waals surface area contributed by atoms with Crippen LogP contribution in [-0.4, -0.2) is 91.1 Å². The van der Waals surface area contributed by atoms with Gasteiger partial charge in [0.1, 0.15) is 6.10 Å². The summed E-state index contributed by atoms with van der Waals surface area (Å²) >= 11 is 0. The number of carbonyl (C=O) groups excluding carboxylic acids is 2. The lowest BCUT2D eigenvalue weighted by atomic mass is 9.96. The molecule has 2 fully saturated rings. The molecule has 0 aromatic carbocycles. The summed E-state index contributed by atoms with van der Waals surface area (Å²) < 4.78 is 11.2. The minimum absolute atomic E-state index is 0.0405. The fourth-order valence-corrected chi connectivity index (χ4v) is 4.01. The van der Waals surface area contributed by atoms with Crippen LogP contribution >= 0.6 is 0 Å². The van der Waals surface area contributed by atoms with E-state index in [-0.39, 0.29) is 43.4 Å².